The summed E-state index contributed by atoms with van der Waals surface area (Å²) in [6, 6.07) is 7.50. The minimum absolute atomic E-state index is 0.103. The van der Waals surface area contributed by atoms with Gasteiger partial charge in [-0.1, -0.05) is 12.5 Å². The predicted octanol–water partition coefficient (Wildman–Crippen LogP) is 2.44. The molecule has 3 rings (SSSR count). The largest absolute Gasteiger partial charge is 0.490 e. The number of hydrogen-bond acceptors (Lipinski definition) is 6. The van der Waals surface area contributed by atoms with Gasteiger partial charge >= 0.3 is 6.15 Å². The molecule has 0 amide bonds. The number of pyridine rings is 1. The van der Waals surface area contributed by atoms with Gasteiger partial charge in [0.05, 0.1) is 29.3 Å². The molecule has 122 valence electrons. The topological polar surface area (TPSA) is 103 Å². The summed E-state index contributed by atoms with van der Waals surface area (Å²) >= 11 is 0. The molecular weight excluding hydrogens is 296 g/mol. The van der Waals surface area contributed by atoms with E-state index in [2.05, 4.69) is 4.98 Å². The van der Waals surface area contributed by atoms with Gasteiger partial charge in [0.25, 0.3) is 0 Å². The second-order valence-corrected chi connectivity index (χ2v) is 5.47. The van der Waals surface area contributed by atoms with Crippen molar-refractivity contribution in [3.63, 3.8) is 0 Å². The molecule has 0 spiro atoms. The van der Waals surface area contributed by atoms with Crippen LogP contribution in [0.4, 0.5) is 5.69 Å². The second kappa shape index (κ2) is 8.27. The van der Waals surface area contributed by atoms with Gasteiger partial charge in [0, 0.05) is 5.69 Å². The van der Waals surface area contributed by atoms with Gasteiger partial charge in [-0.15, -0.1) is 0 Å². The lowest BCUT2D eigenvalue weighted by Gasteiger charge is -2.24. The van der Waals surface area contributed by atoms with Crippen LogP contribution in [0.5, 0.6) is 5.75 Å². The molecule has 0 atom stereocenters. The van der Waals surface area contributed by atoms with E-state index in [0.29, 0.717) is 11.4 Å². The number of rotatable bonds is 3. The van der Waals surface area contributed by atoms with Gasteiger partial charge in [0.15, 0.2) is 0 Å². The van der Waals surface area contributed by atoms with E-state index in [1.165, 1.54) is 19.3 Å². The van der Waals surface area contributed by atoms with Crippen LogP contribution >= 0.6 is 0 Å². The van der Waals surface area contributed by atoms with Gasteiger partial charge in [0.2, 0.25) is 0 Å². The monoisotopic (exact) mass is 316 g/mol. The summed E-state index contributed by atoms with van der Waals surface area (Å²) < 4.78 is 6.14. The maximum atomic E-state index is 9.20. The third kappa shape index (κ3) is 4.28. The van der Waals surface area contributed by atoms with Crippen LogP contribution in [0, 0.1) is 0 Å². The van der Waals surface area contributed by atoms with E-state index < -0.39 is 0 Å². The molecule has 0 bridgehead atoms. The summed E-state index contributed by atoms with van der Waals surface area (Å²) in [5.74, 6) is 0.809. The van der Waals surface area contributed by atoms with Crippen molar-refractivity contribution < 1.29 is 19.4 Å². The molecule has 0 unspecified atom stereocenters. The SMILES string of the molecule is Nc1cc(CO)nc2cccc(OC3CCCCC3)c12.O=C=O. The quantitative estimate of drug-likeness (QED) is 0.901. The lowest BCUT2D eigenvalue weighted by molar-refractivity contribution is -0.191. The summed E-state index contributed by atoms with van der Waals surface area (Å²) in [5.41, 5.74) is 8.09. The van der Waals surface area contributed by atoms with Crippen molar-refractivity contribution in [1.29, 1.82) is 0 Å². The van der Waals surface area contributed by atoms with Crippen LogP contribution in [0.2, 0.25) is 0 Å². The van der Waals surface area contributed by atoms with Gasteiger partial charge in [-0.2, -0.15) is 9.59 Å². The highest BCUT2D eigenvalue weighted by atomic mass is 16.5. The number of nitrogens with zero attached hydrogens (tertiary/aromatic N) is 1. The fourth-order valence-electron chi connectivity index (χ4n) is 2.88. The number of aromatic nitrogens is 1. The number of aliphatic hydroxyl groups excluding tert-OH is 1. The third-order valence-electron chi connectivity index (χ3n) is 3.89. The van der Waals surface area contributed by atoms with Crippen LogP contribution in [-0.2, 0) is 16.2 Å². The summed E-state index contributed by atoms with van der Waals surface area (Å²) in [7, 11) is 0. The molecule has 23 heavy (non-hydrogen) atoms. The molecule has 6 heteroatoms. The van der Waals surface area contributed by atoms with Crippen LogP contribution < -0.4 is 10.5 Å². The number of benzene rings is 1. The van der Waals surface area contributed by atoms with Crippen LogP contribution in [0.25, 0.3) is 10.9 Å². The van der Waals surface area contributed by atoms with E-state index in [9.17, 15) is 5.11 Å². The predicted molar refractivity (Wildman–Crippen MR) is 84.6 cm³/mol. The standard InChI is InChI=1S/C16H20N2O2.CO2/c17-13-9-11(10-19)18-14-7-4-8-15(16(13)14)20-12-5-2-1-3-6-12;2-1-3/h4,7-9,12,19H,1-3,5-6,10H2,(H2,17,18);. The molecule has 0 saturated heterocycles. The number of anilines is 1. The van der Waals surface area contributed by atoms with E-state index in [4.69, 9.17) is 20.1 Å². The maximum absolute atomic E-state index is 9.20. The van der Waals surface area contributed by atoms with Gasteiger partial charge < -0.3 is 15.6 Å². The molecule has 1 aliphatic rings. The van der Waals surface area contributed by atoms with E-state index in [1.54, 1.807) is 6.07 Å². The molecule has 0 radical (unpaired) electrons. The first-order valence-corrected chi connectivity index (χ1v) is 7.64. The van der Waals surface area contributed by atoms with Crippen LogP contribution in [0.1, 0.15) is 37.8 Å². The Morgan fingerprint density at radius 2 is 1.96 bits per heavy atom. The third-order valence-corrected chi connectivity index (χ3v) is 3.89. The van der Waals surface area contributed by atoms with E-state index in [-0.39, 0.29) is 18.9 Å². The fraction of sp³-hybridized carbons (Fsp3) is 0.412. The first-order valence-electron chi connectivity index (χ1n) is 7.64. The highest BCUT2D eigenvalue weighted by Gasteiger charge is 2.17. The van der Waals surface area contributed by atoms with Crippen LogP contribution in [-0.4, -0.2) is 22.3 Å². The number of carbonyl (C=O) groups excluding carboxylic acids is 2. The van der Waals surface area contributed by atoms with Gasteiger partial charge in [-0.25, -0.2) is 0 Å². The molecule has 1 saturated carbocycles. The van der Waals surface area contributed by atoms with Gasteiger partial charge in [0.1, 0.15) is 5.75 Å². The maximum Gasteiger partial charge on any atom is 0.373 e. The van der Waals surface area contributed by atoms with E-state index in [0.717, 1.165) is 29.5 Å². The van der Waals surface area contributed by atoms with E-state index >= 15 is 0 Å². The van der Waals surface area contributed by atoms with Crippen molar-refractivity contribution in [2.24, 2.45) is 0 Å². The Balaban J connectivity index is 0.000000595. The number of nitrogen functional groups attached to an aromatic ring is 1. The molecule has 1 fully saturated rings. The minimum Gasteiger partial charge on any atom is -0.490 e. The smallest absolute Gasteiger partial charge is 0.373 e. The molecular formula is C17H20N2O4. The second-order valence-electron chi connectivity index (χ2n) is 5.47. The number of nitrogens with two attached hydrogens (primary N) is 1. The zero-order valence-corrected chi connectivity index (χ0v) is 12.8. The average molecular weight is 316 g/mol. The number of hydrogen-bond donors (Lipinski definition) is 2. The highest BCUT2D eigenvalue weighted by Crippen LogP contribution is 2.33. The molecule has 1 aromatic heterocycles. The fourth-order valence-corrected chi connectivity index (χ4v) is 2.88. The average Bonchev–Trinajstić information content (AvgIpc) is 2.56. The van der Waals surface area contributed by atoms with Crippen molar-refractivity contribution in [2.45, 2.75) is 44.8 Å². The Kier molecular flexibility index (Phi) is 6.09. The summed E-state index contributed by atoms with van der Waals surface area (Å²) in [5, 5.41) is 10.1. The zero-order valence-electron chi connectivity index (χ0n) is 12.8. The van der Waals surface area contributed by atoms with Crippen molar-refractivity contribution in [2.75, 3.05) is 5.73 Å². The van der Waals surface area contributed by atoms with Crippen LogP contribution in [0.15, 0.2) is 24.3 Å². The molecule has 2 aromatic rings. The van der Waals surface area contributed by atoms with Gasteiger partial charge in [-0.3, -0.25) is 4.98 Å². The Morgan fingerprint density at radius 1 is 1.26 bits per heavy atom. The molecule has 1 heterocycles. The molecule has 1 aliphatic carbocycles. The summed E-state index contributed by atoms with van der Waals surface area (Å²) in [4.78, 5) is 20.6. The lowest BCUT2D eigenvalue weighted by atomic mass is 9.97. The van der Waals surface area contributed by atoms with E-state index in [1.807, 2.05) is 18.2 Å². The first kappa shape index (κ1) is 16.9. The van der Waals surface area contributed by atoms with Gasteiger partial charge in [-0.05, 0) is 43.9 Å². The normalized spacial score (nSPS) is 14.7. The number of fused-ring (bicyclic) bond motifs is 1. The van der Waals surface area contributed by atoms with Crippen molar-refractivity contribution in [1.82, 2.24) is 4.98 Å². The molecule has 0 aliphatic heterocycles. The Hall–Kier alpha value is -2.43. The summed E-state index contributed by atoms with van der Waals surface area (Å²) in [6.07, 6.45) is 6.53. The Labute approximate surface area is 134 Å². The summed E-state index contributed by atoms with van der Waals surface area (Å²) in [6.45, 7) is -0.103. The zero-order chi connectivity index (χ0) is 16.7. The van der Waals surface area contributed by atoms with Crippen molar-refractivity contribution >= 4 is 22.7 Å². The lowest BCUT2D eigenvalue weighted by Crippen LogP contribution is -2.19. The number of ether oxygens (including phenoxy) is 1. The Bertz CT molecular complexity index is 690. The molecule has 1 aromatic carbocycles. The molecule has 3 N–H and O–H groups in total. The highest BCUT2D eigenvalue weighted by molar-refractivity contribution is 5.95. The molecule has 6 nitrogen and oxygen atoms in total. The van der Waals surface area contributed by atoms with Crippen molar-refractivity contribution in [3.8, 4) is 5.75 Å². The minimum atomic E-state index is -0.103. The van der Waals surface area contributed by atoms with Crippen LogP contribution in [0.3, 0.4) is 0 Å². The number of aliphatic hydroxyl groups is 1. The Morgan fingerprint density at radius 3 is 2.61 bits per heavy atom. The first-order chi connectivity index (χ1) is 11.2. The van der Waals surface area contributed by atoms with Crippen molar-refractivity contribution in [3.05, 3.63) is 30.0 Å².